The number of hydrogen-bond donors (Lipinski definition) is 1. The van der Waals surface area contributed by atoms with Gasteiger partial charge in [-0.25, -0.2) is 0 Å². The molecule has 1 atom stereocenters. The van der Waals surface area contributed by atoms with Crippen LogP contribution < -0.4 is 10.2 Å². The first-order chi connectivity index (χ1) is 10.5. The van der Waals surface area contributed by atoms with E-state index >= 15 is 0 Å². The summed E-state index contributed by atoms with van der Waals surface area (Å²) in [6, 6.07) is 9.35. The van der Waals surface area contributed by atoms with Gasteiger partial charge in [0.15, 0.2) is 0 Å². The fourth-order valence-corrected chi connectivity index (χ4v) is 3.47. The number of hydrogen-bond acceptors (Lipinski definition) is 4. The maximum atomic E-state index is 12.3. The van der Waals surface area contributed by atoms with Crippen molar-refractivity contribution in [1.82, 2.24) is 4.37 Å². The van der Waals surface area contributed by atoms with Gasteiger partial charge in [0.25, 0.3) is 0 Å². The number of aryl methyl sites for hydroxylation is 1. The van der Waals surface area contributed by atoms with Crippen LogP contribution in [0.5, 0.6) is 0 Å². The molecule has 0 bridgehead atoms. The van der Waals surface area contributed by atoms with Crippen molar-refractivity contribution in [2.75, 3.05) is 16.8 Å². The average Bonchev–Trinajstić information content (AvgIpc) is 3.05. The molecule has 1 unspecified atom stereocenters. The molecule has 2 amide bonds. The third kappa shape index (κ3) is 3.20. The summed E-state index contributed by atoms with van der Waals surface area (Å²) in [6.07, 6.45) is 0.232. The summed E-state index contributed by atoms with van der Waals surface area (Å²) < 4.78 is 5.04. The third-order valence-corrected chi connectivity index (χ3v) is 4.78. The number of nitrogens with zero attached hydrogens (tertiary/aromatic N) is 2. The molecule has 1 aliphatic heterocycles. The number of amides is 2. The number of benzene rings is 1. The molecule has 1 N–H and O–H groups in total. The maximum Gasteiger partial charge on any atom is 0.230 e. The van der Waals surface area contributed by atoms with Gasteiger partial charge in [-0.3, -0.25) is 9.59 Å². The summed E-state index contributed by atoms with van der Waals surface area (Å²) in [5.74, 6) is -0.498. The van der Waals surface area contributed by atoms with Gasteiger partial charge in [-0.05, 0) is 42.7 Å². The molecule has 1 aromatic heterocycles. The van der Waals surface area contributed by atoms with Crippen LogP contribution in [-0.2, 0) is 9.59 Å². The summed E-state index contributed by atoms with van der Waals surface area (Å²) in [6.45, 7) is 2.28. The van der Waals surface area contributed by atoms with Crippen LogP contribution in [0.25, 0.3) is 0 Å². The molecule has 114 valence electrons. The molecule has 2 heterocycles. The van der Waals surface area contributed by atoms with Crippen molar-refractivity contribution in [1.29, 1.82) is 0 Å². The van der Waals surface area contributed by atoms with Gasteiger partial charge in [-0.2, -0.15) is 4.37 Å². The van der Waals surface area contributed by atoms with E-state index < -0.39 is 0 Å². The van der Waals surface area contributed by atoms with E-state index in [4.69, 9.17) is 0 Å². The molecule has 5 nitrogen and oxygen atoms in total. The van der Waals surface area contributed by atoms with Crippen molar-refractivity contribution in [2.24, 2.45) is 5.92 Å². The molecule has 0 radical (unpaired) electrons. The summed E-state index contributed by atoms with van der Waals surface area (Å²) in [7, 11) is 0. The minimum Gasteiger partial charge on any atom is -0.316 e. The number of carbonyl (C=O) groups excluding carboxylic acids is 2. The summed E-state index contributed by atoms with van der Waals surface area (Å²) in [4.78, 5) is 26.1. The van der Waals surface area contributed by atoms with Crippen molar-refractivity contribution in [3.8, 4) is 0 Å². The Morgan fingerprint density at radius 2 is 2.27 bits per heavy atom. The van der Waals surface area contributed by atoms with Crippen molar-refractivity contribution >= 4 is 50.0 Å². The molecule has 3 rings (SSSR count). The monoisotopic (exact) mass is 379 g/mol. The van der Waals surface area contributed by atoms with Gasteiger partial charge in [-0.15, -0.1) is 0 Å². The molecule has 2 aromatic rings. The standard InChI is InChI=1S/C15H14BrN3O2S/c1-9-5-13(22-18-9)17-15(21)10-6-14(20)19(8-10)12-4-2-3-11(16)7-12/h2-5,7,10H,6,8H2,1H3,(H,17,21). The minimum atomic E-state index is -0.339. The number of nitrogens with one attached hydrogen (secondary N) is 1. The second-order valence-electron chi connectivity index (χ2n) is 5.21. The highest BCUT2D eigenvalue weighted by Crippen LogP contribution is 2.28. The quantitative estimate of drug-likeness (QED) is 0.890. The van der Waals surface area contributed by atoms with Gasteiger partial charge in [-0.1, -0.05) is 22.0 Å². The molecule has 1 fully saturated rings. The van der Waals surface area contributed by atoms with Crippen LogP contribution in [0.3, 0.4) is 0 Å². The van der Waals surface area contributed by atoms with Crippen molar-refractivity contribution in [3.63, 3.8) is 0 Å². The molecule has 0 spiro atoms. The number of anilines is 2. The lowest BCUT2D eigenvalue weighted by Gasteiger charge is -2.16. The zero-order chi connectivity index (χ0) is 15.7. The summed E-state index contributed by atoms with van der Waals surface area (Å²) in [5.41, 5.74) is 1.68. The topological polar surface area (TPSA) is 62.3 Å². The van der Waals surface area contributed by atoms with E-state index in [1.807, 2.05) is 37.3 Å². The number of aromatic nitrogens is 1. The van der Waals surface area contributed by atoms with E-state index in [9.17, 15) is 9.59 Å². The Labute approximate surface area is 140 Å². The lowest BCUT2D eigenvalue weighted by atomic mass is 10.1. The Kier molecular flexibility index (Phi) is 4.26. The average molecular weight is 380 g/mol. The zero-order valence-corrected chi connectivity index (χ0v) is 14.3. The van der Waals surface area contributed by atoms with Gasteiger partial charge in [0.2, 0.25) is 11.8 Å². The predicted molar refractivity (Wildman–Crippen MR) is 90.1 cm³/mol. The molecule has 1 aromatic carbocycles. The molecular formula is C15H14BrN3O2S. The van der Waals surface area contributed by atoms with Gasteiger partial charge < -0.3 is 10.2 Å². The Bertz CT molecular complexity index is 731. The second-order valence-corrected chi connectivity index (χ2v) is 6.93. The van der Waals surface area contributed by atoms with Crippen LogP contribution in [-0.4, -0.2) is 22.7 Å². The fraction of sp³-hybridized carbons (Fsp3) is 0.267. The van der Waals surface area contributed by atoms with Gasteiger partial charge >= 0.3 is 0 Å². The summed E-state index contributed by atoms with van der Waals surface area (Å²) in [5, 5.41) is 3.56. The van der Waals surface area contributed by atoms with E-state index in [1.54, 1.807) is 4.90 Å². The Hall–Kier alpha value is -1.73. The molecule has 0 aliphatic carbocycles. The highest BCUT2D eigenvalue weighted by atomic mass is 79.9. The van der Waals surface area contributed by atoms with Crippen LogP contribution >= 0.6 is 27.5 Å². The largest absolute Gasteiger partial charge is 0.316 e. The first kappa shape index (κ1) is 15.2. The van der Waals surface area contributed by atoms with E-state index in [-0.39, 0.29) is 24.2 Å². The van der Waals surface area contributed by atoms with E-state index in [2.05, 4.69) is 25.6 Å². The van der Waals surface area contributed by atoms with Crippen molar-refractivity contribution in [2.45, 2.75) is 13.3 Å². The lowest BCUT2D eigenvalue weighted by molar-refractivity contribution is -0.122. The Morgan fingerprint density at radius 1 is 1.45 bits per heavy atom. The Balaban J connectivity index is 1.70. The van der Waals surface area contributed by atoms with E-state index in [0.717, 1.165) is 20.9 Å². The first-order valence-corrected chi connectivity index (χ1v) is 8.39. The normalized spacial score (nSPS) is 17.8. The second kappa shape index (κ2) is 6.18. The lowest BCUT2D eigenvalue weighted by Crippen LogP contribution is -2.27. The molecular weight excluding hydrogens is 366 g/mol. The Morgan fingerprint density at radius 3 is 2.95 bits per heavy atom. The smallest absolute Gasteiger partial charge is 0.230 e. The van der Waals surface area contributed by atoms with Gasteiger partial charge in [0.05, 0.1) is 11.6 Å². The SMILES string of the molecule is Cc1cc(NC(=O)C2CC(=O)N(c3cccc(Br)c3)C2)sn1. The van der Waals surface area contributed by atoms with E-state index in [1.165, 1.54) is 11.5 Å². The van der Waals surface area contributed by atoms with Crippen LogP contribution in [0.2, 0.25) is 0 Å². The fourth-order valence-electron chi connectivity index (χ4n) is 2.42. The van der Waals surface area contributed by atoms with Crippen LogP contribution in [0.15, 0.2) is 34.8 Å². The third-order valence-electron chi connectivity index (χ3n) is 3.49. The van der Waals surface area contributed by atoms with E-state index in [0.29, 0.717) is 6.54 Å². The highest BCUT2D eigenvalue weighted by Gasteiger charge is 2.35. The molecule has 7 heteroatoms. The van der Waals surface area contributed by atoms with Gasteiger partial charge in [0, 0.05) is 23.1 Å². The number of rotatable bonds is 3. The van der Waals surface area contributed by atoms with Crippen LogP contribution in [0, 0.1) is 12.8 Å². The first-order valence-electron chi connectivity index (χ1n) is 6.83. The predicted octanol–water partition coefficient (Wildman–Crippen LogP) is 3.21. The van der Waals surface area contributed by atoms with Gasteiger partial charge in [0.1, 0.15) is 5.00 Å². The molecule has 1 saturated heterocycles. The van der Waals surface area contributed by atoms with Crippen molar-refractivity contribution in [3.05, 3.63) is 40.5 Å². The summed E-state index contributed by atoms with van der Waals surface area (Å²) >= 11 is 4.65. The van der Waals surface area contributed by atoms with Crippen LogP contribution in [0.1, 0.15) is 12.1 Å². The number of halogens is 1. The molecule has 0 saturated carbocycles. The maximum absolute atomic E-state index is 12.3. The molecule has 1 aliphatic rings. The zero-order valence-electron chi connectivity index (χ0n) is 11.9. The number of carbonyl (C=O) groups is 2. The minimum absolute atomic E-state index is 0.0289. The van der Waals surface area contributed by atoms with Crippen molar-refractivity contribution < 1.29 is 9.59 Å². The molecule has 22 heavy (non-hydrogen) atoms. The highest BCUT2D eigenvalue weighted by molar-refractivity contribution is 9.10. The van der Waals surface area contributed by atoms with Crippen LogP contribution in [0.4, 0.5) is 10.7 Å².